The van der Waals surface area contributed by atoms with E-state index in [4.69, 9.17) is 0 Å². The molecule has 0 bridgehead atoms. The number of rotatable bonds is 10. The van der Waals surface area contributed by atoms with Crippen molar-refractivity contribution in [2.24, 2.45) is 0 Å². The first-order valence-corrected chi connectivity index (χ1v) is 15.9. The number of amides is 2. The summed E-state index contributed by atoms with van der Waals surface area (Å²) in [4.78, 5) is 29.2. The van der Waals surface area contributed by atoms with Crippen molar-refractivity contribution in [1.29, 1.82) is 0 Å². The van der Waals surface area contributed by atoms with E-state index < -0.39 is 17.8 Å². The number of piperazine rings is 1. The Morgan fingerprint density at radius 3 is 2.44 bits per heavy atom. The average molecular weight is 668 g/mol. The molecule has 11 nitrogen and oxygen atoms in total. The number of halogens is 3. The fraction of sp³-hybridized carbons (Fsp3) is 0.412. The highest BCUT2D eigenvalue weighted by Gasteiger charge is 2.31. The summed E-state index contributed by atoms with van der Waals surface area (Å²) in [6.45, 7) is 11.4. The van der Waals surface area contributed by atoms with Crippen molar-refractivity contribution in [3.8, 4) is 5.82 Å². The second-order valence-corrected chi connectivity index (χ2v) is 11.7. The molecular weight excluding hydrogens is 623 g/mol. The second-order valence-electron chi connectivity index (χ2n) is 11.7. The van der Waals surface area contributed by atoms with Gasteiger partial charge in [-0.05, 0) is 61.9 Å². The summed E-state index contributed by atoms with van der Waals surface area (Å²) in [5.41, 5.74) is 2.59. The zero-order valence-corrected chi connectivity index (χ0v) is 27.8. The lowest BCUT2D eigenvalue weighted by Crippen LogP contribution is -2.45. The molecule has 1 saturated heterocycles. The summed E-state index contributed by atoms with van der Waals surface area (Å²) in [7, 11) is 1.57. The van der Waals surface area contributed by atoms with Crippen molar-refractivity contribution in [1.82, 2.24) is 34.6 Å². The molecule has 4 aromatic rings. The molecule has 0 radical (unpaired) electrons. The van der Waals surface area contributed by atoms with E-state index in [0.717, 1.165) is 49.7 Å². The van der Waals surface area contributed by atoms with Crippen LogP contribution in [0.4, 0.5) is 29.6 Å². The van der Waals surface area contributed by atoms with Gasteiger partial charge in [-0.25, -0.2) is 14.8 Å². The number of likely N-dealkylation sites (N-methyl/N-ethyl adjacent to an activating group) is 1. The standard InChI is InChI=1S/C19H23N7O2.C15H21F3N2/c1-13(27)12-23-18-22-7-6-16(25-18)26-9-8-21-17(26)11-14-4-3-5-15(10-14)24-19(28)20-2;1-3-19-4-6-20(7-5-19)11-13-8-12(2)9-14(10-13)15(16,17)18/h3-10,13,27H,11-12H2,1-2H3,(H2,20,24,28)(H,22,23,25);8-10H,3-7,11H2,1-2H3/t13-;/m0./s1. The van der Waals surface area contributed by atoms with Crippen molar-refractivity contribution >= 4 is 17.7 Å². The van der Waals surface area contributed by atoms with E-state index in [-0.39, 0.29) is 6.03 Å². The summed E-state index contributed by atoms with van der Waals surface area (Å²) < 4.78 is 40.3. The Labute approximate surface area is 279 Å². The van der Waals surface area contributed by atoms with Gasteiger partial charge in [0.2, 0.25) is 5.95 Å². The number of imidazole rings is 1. The van der Waals surface area contributed by atoms with Crippen LogP contribution in [0.5, 0.6) is 0 Å². The van der Waals surface area contributed by atoms with Gasteiger partial charge in [-0.1, -0.05) is 30.7 Å². The number of nitrogens with one attached hydrogen (secondary N) is 3. The zero-order valence-electron chi connectivity index (χ0n) is 27.8. The third-order valence-electron chi connectivity index (χ3n) is 7.72. The Bertz CT molecular complexity index is 1620. The molecule has 0 spiro atoms. The van der Waals surface area contributed by atoms with Crippen LogP contribution in [-0.4, -0.2) is 92.9 Å². The van der Waals surface area contributed by atoms with E-state index in [1.54, 1.807) is 39.4 Å². The van der Waals surface area contributed by atoms with Crippen LogP contribution in [-0.2, 0) is 19.1 Å². The number of aliphatic hydroxyl groups excluding tert-OH is 1. The van der Waals surface area contributed by atoms with Crippen LogP contribution in [0, 0.1) is 6.92 Å². The fourth-order valence-corrected chi connectivity index (χ4v) is 5.26. The lowest BCUT2D eigenvalue weighted by molar-refractivity contribution is -0.137. The van der Waals surface area contributed by atoms with E-state index in [1.807, 2.05) is 41.1 Å². The first kappa shape index (κ1) is 36.3. The molecule has 1 fully saturated rings. The molecule has 2 amide bonds. The number of aliphatic hydroxyl groups is 1. The number of anilines is 2. The molecule has 0 saturated carbocycles. The Kier molecular flexibility index (Phi) is 12.9. The van der Waals surface area contributed by atoms with E-state index >= 15 is 0 Å². The predicted octanol–water partition coefficient (Wildman–Crippen LogP) is 4.95. The van der Waals surface area contributed by atoms with Crippen molar-refractivity contribution in [2.75, 3.05) is 56.9 Å². The summed E-state index contributed by atoms with van der Waals surface area (Å²) in [6.07, 6.45) is 1.02. The molecule has 0 unspecified atom stereocenters. The van der Waals surface area contributed by atoms with Gasteiger partial charge in [0.25, 0.3) is 0 Å². The van der Waals surface area contributed by atoms with Gasteiger partial charge < -0.3 is 26.0 Å². The maximum atomic E-state index is 12.8. The van der Waals surface area contributed by atoms with E-state index in [1.165, 1.54) is 12.1 Å². The molecule has 1 aliphatic rings. The smallest absolute Gasteiger partial charge is 0.392 e. The van der Waals surface area contributed by atoms with Crippen molar-refractivity contribution in [3.05, 3.63) is 95.2 Å². The maximum Gasteiger partial charge on any atom is 0.416 e. The number of carbonyl (C=O) groups excluding carboxylic acids is 1. The van der Waals surface area contributed by atoms with Gasteiger partial charge in [0.1, 0.15) is 11.6 Å². The van der Waals surface area contributed by atoms with Crippen LogP contribution in [0.3, 0.4) is 0 Å². The third kappa shape index (κ3) is 11.0. The highest BCUT2D eigenvalue weighted by Crippen LogP contribution is 2.31. The van der Waals surface area contributed by atoms with E-state index in [2.05, 4.69) is 47.6 Å². The summed E-state index contributed by atoms with van der Waals surface area (Å²) in [5, 5.41) is 17.7. The number of aromatic nitrogens is 4. The number of benzene rings is 2. The van der Waals surface area contributed by atoms with Crippen LogP contribution < -0.4 is 16.0 Å². The molecule has 1 atom stereocenters. The molecule has 48 heavy (non-hydrogen) atoms. The predicted molar refractivity (Wildman–Crippen MR) is 180 cm³/mol. The number of aryl methyl sites for hydroxylation is 1. The summed E-state index contributed by atoms with van der Waals surface area (Å²) in [6, 6.07) is 13.5. The molecule has 2 aromatic heterocycles. The molecule has 4 N–H and O–H groups in total. The molecule has 14 heteroatoms. The SMILES string of the molecule is CCN1CCN(Cc2cc(C)cc(C(F)(F)F)c2)CC1.CNC(=O)Nc1cccc(Cc2nccn2-c2ccnc(NC[C@H](C)O)n2)c1. The first-order chi connectivity index (χ1) is 22.9. The van der Waals surface area contributed by atoms with Gasteiger partial charge in [0, 0.05) is 77.0 Å². The Hall–Kier alpha value is -4.53. The van der Waals surface area contributed by atoms with Crippen LogP contribution >= 0.6 is 0 Å². The number of hydrogen-bond donors (Lipinski definition) is 4. The monoisotopic (exact) mass is 667 g/mol. The minimum atomic E-state index is -4.26. The number of hydrogen-bond acceptors (Lipinski definition) is 8. The molecule has 2 aromatic carbocycles. The Morgan fingerprint density at radius 1 is 1.00 bits per heavy atom. The second kappa shape index (κ2) is 17.0. The molecule has 3 heterocycles. The van der Waals surface area contributed by atoms with Crippen LogP contribution in [0.1, 0.15) is 41.9 Å². The third-order valence-corrected chi connectivity index (χ3v) is 7.72. The number of nitrogens with zero attached hydrogens (tertiary/aromatic N) is 6. The number of urea groups is 1. The normalized spacial score (nSPS) is 14.5. The Balaban J connectivity index is 0.000000229. The molecule has 0 aliphatic carbocycles. The first-order valence-electron chi connectivity index (χ1n) is 15.9. The molecule has 5 rings (SSSR count). The minimum absolute atomic E-state index is 0.267. The van der Waals surface area contributed by atoms with Gasteiger partial charge in [0.05, 0.1) is 11.7 Å². The summed E-state index contributed by atoms with van der Waals surface area (Å²) >= 11 is 0. The quantitative estimate of drug-likeness (QED) is 0.188. The highest BCUT2D eigenvalue weighted by molar-refractivity contribution is 5.89. The van der Waals surface area contributed by atoms with Crippen molar-refractivity contribution in [3.63, 3.8) is 0 Å². The molecular formula is C34H44F3N9O2. The average Bonchev–Trinajstić information content (AvgIpc) is 3.52. The number of carbonyl (C=O) groups is 1. The van der Waals surface area contributed by atoms with Crippen molar-refractivity contribution < 1.29 is 23.1 Å². The van der Waals surface area contributed by atoms with Gasteiger partial charge >= 0.3 is 12.2 Å². The molecule has 258 valence electrons. The minimum Gasteiger partial charge on any atom is -0.392 e. The Morgan fingerprint density at radius 2 is 1.75 bits per heavy atom. The van der Waals surface area contributed by atoms with Gasteiger partial charge in [-0.15, -0.1) is 0 Å². The zero-order chi connectivity index (χ0) is 34.7. The van der Waals surface area contributed by atoms with Gasteiger partial charge in [0.15, 0.2) is 0 Å². The van der Waals surface area contributed by atoms with Crippen molar-refractivity contribution in [2.45, 2.75) is 46.0 Å². The highest BCUT2D eigenvalue weighted by atomic mass is 19.4. The largest absolute Gasteiger partial charge is 0.416 e. The maximum absolute atomic E-state index is 12.8. The lowest BCUT2D eigenvalue weighted by Gasteiger charge is -2.34. The van der Waals surface area contributed by atoms with Gasteiger partial charge in [-0.3, -0.25) is 9.47 Å². The van der Waals surface area contributed by atoms with E-state index in [0.29, 0.717) is 42.5 Å². The van der Waals surface area contributed by atoms with E-state index in [9.17, 15) is 23.1 Å². The van der Waals surface area contributed by atoms with Gasteiger partial charge in [-0.2, -0.15) is 18.2 Å². The lowest BCUT2D eigenvalue weighted by atomic mass is 10.1. The van der Waals surface area contributed by atoms with Crippen LogP contribution in [0.15, 0.2) is 67.1 Å². The van der Waals surface area contributed by atoms with Crippen LogP contribution in [0.2, 0.25) is 0 Å². The summed E-state index contributed by atoms with van der Waals surface area (Å²) in [5.74, 6) is 1.92. The number of alkyl halides is 3. The topological polar surface area (TPSA) is 123 Å². The van der Waals surface area contributed by atoms with Crippen LogP contribution in [0.25, 0.3) is 5.82 Å². The fourth-order valence-electron chi connectivity index (χ4n) is 5.26. The molecule has 1 aliphatic heterocycles.